The van der Waals surface area contributed by atoms with Crippen molar-refractivity contribution < 1.29 is 18.7 Å². The molecule has 1 aliphatic rings. The van der Waals surface area contributed by atoms with Crippen LogP contribution >= 0.6 is 15.9 Å². The van der Waals surface area contributed by atoms with E-state index in [0.717, 1.165) is 19.3 Å². The van der Waals surface area contributed by atoms with Crippen molar-refractivity contribution in [2.45, 2.75) is 31.7 Å². The van der Waals surface area contributed by atoms with Crippen molar-refractivity contribution in [1.29, 1.82) is 0 Å². The molecule has 21 heavy (non-hydrogen) atoms. The predicted molar refractivity (Wildman–Crippen MR) is 79.4 cm³/mol. The molecule has 1 amide bonds. The number of halogens is 2. The second-order valence-electron chi connectivity index (χ2n) is 5.05. The summed E-state index contributed by atoms with van der Waals surface area (Å²) in [4.78, 5) is 25.6. The Kier molecular flexibility index (Phi) is 5.33. The number of benzene rings is 1. The Morgan fingerprint density at radius 1 is 1.43 bits per heavy atom. The van der Waals surface area contributed by atoms with E-state index in [-0.39, 0.29) is 29.9 Å². The molecule has 6 heteroatoms. The van der Waals surface area contributed by atoms with Crippen molar-refractivity contribution in [3.8, 4) is 0 Å². The molecule has 1 aromatic rings. The normalized spacial score (nSPS) is 18.4. The van der Waals surface area contributed by atoms with Crippen LogP contribution in [-0.4, -0.2) is 36.5 Å². The number of piperidine rings is 1. The van der Waals surface area contributed by atoms with Crippen LogP contribution in [0.5, 0.6) is 0 Å². The minimum absolute atomic E-state index is 0.0288. The lowest BCUT2D eigenvalue weighted by atomic mass is 9.98. The molecule has 0 aromatic heterocycles. The van der Waals surface area contributed by atoms with Crippen molar-refractivity contribution in [1.82, 2.24) is 4.90 Å². The average Bonchev–Trinajstić information content (AvgIpc) is 2.49. The number of rotatable bonds is 3. The van der Waals surface area contributed by atoms with Gasteiger partial charge in [-0.1, -0.05) is 15.9 Å². The number of likely N-dealkylation sites (tertiary alicyclic amines) is 1. The molecule has 0 saturated carbocycles. The molecule has 0 bridgehead atoms. The van der Waals surface area contributed by atoms with Crippen LogP contribution in [-0.2, 0) is 9.53 Å². The van der Waals surface area contributed by atoms with Gasteiger partial charge in [0.25, 0.3) is 5.91 Å². The van der Waals surface area contributed by atoms with Crippen LogP contribution in [0.2, 0.25) is 0 Å². The lowest BCUT2D eigenvalue weighted by molar-refractivity contribution is -0.142. The standard InChI is InChI=1S/C15H17BrFNO3/c1-21-14(19)9-11-4-2-3-7-18(11)15(20)12-8-10(16)5-6-13(12)17/h5-6,8,11H,2-4,7,9H2,1H3. The molecule has 1 unspecified atom stereocenters. The van der Waals surface area contributed by atoms with Crippen molar-refractivity contribution >= 4 is 27.8 Å². The maximum atomic E-state index is 13.9. The largest absolute Gasteiger partial charge is 0.469 e. The molecule has 1 heterocycles. The van der Waals surface area contributed by atoms with Gasteiger partial charge in [-0.25, -0.2) is 4.39 Å². The van der Waals surface area contributed by atoms with Gasteiger partial charge < -0.3 is 9.64 Å². The Bertz CT molecular complexity index is 550. The van der Waals surface area contributed by atoms with Crippen LogP contribution in [0.3, 0.4) is 0 Å². The van der Waals surface area contributed by atoms with Crippen LogP contribution in [0.25, 0.3) is 0 Å². The van der Waals surface area contributed by atoms with Gasteiger partial charge in [0.1, 0.15) is 5.82 Å². The molecule has 1 aromatic carbocycles. The van der Waals surface area contributed by atoms with Crippen LogP contribution < -0.4 is 0 Å². The maximum absolute atomic E-state index is 13.9. The third kappa shape index (κ3) is 3.81. The van der Waals surface area contributed by atoms with Crippen LogP contribution in [0.1, 0.15) is 36.0 Å². The number of hydrogen-bond acceptors (Lipinski definition) is 3. The molecule has 4 nitrogen and oxygen atoms in total. The highest BCUT2D eigenvalue weighted by Crippen LogP contribution is 2.24. The Balaban J connectivity index is 2.22. The lowest BCUT2D eigenvalue weighted by Crippen LogP contribution is -2.45. The molecule has 0 N–H and O–H groups in total. The van der Waals surface area contributed by atoms with E-state index in [2.05, 4.69) is 20.7 Å². The van der Waals surface area contributed by atoms with Gasteiger partial charge in [0.2, 0.25) is 0 Å². The van der Waals surface area contributed by atoms with Gasteiger partial charge in [0.15, 0.2) is 0 Å². The second kappa shape index (κ2) is 7.02. The lowest BCUT2D eigenvalue weighted by Gasteiger charge is -2.35. The van der Waals surface area contributed by atoms with Crippen LogP contribution in [0, 0.1) is 5.82 Å². The van der Waals surface area contributed by atoms with E-state index in [1.54, 1.807) is 11.0 Å². The third-order valence-electron chi connectivity index (χ3n) is 3.68. The quantitative estimate of drug-likeness (QED) is 0.780. The summed E-state index contributed by atoms with van der Waals surface area (Å²) >= 11 is 3.24. The summed E-state index contributed by atoms with van der Waals surface area (Å²) in [6, 6.07) is 4.06. The molecule has 1 saturated heterocycles. The number of methoxy groups -OCH3 is 1. The van der Waals surface area contributed by atoms with Gasteiger partial charge in [-0.2, -0.15) is 0 Å². The Labute approximate surface area is 131 Å². The molecule has 1 aliphatic heterocycles. The van der Waals surface area contributed by atoms with Crippen molar-refractivity contribution in [2.75, 3.05) is 13.7 Å². The fraction of sp³-hybridized carbons (Fsp3) is 0.467. The first-order valence-corrected chi connectivity index (χ1v) is 7.65. The first-order chi connectivity index (χ1) is 10.0. The number of nitrogens with zero attached hydrogens (tertiary/aromatic N) is 1. The highest BCUT2D eigenvalue weighted by atomic mass is 79.9. The molecule has 0 spiro atoms. The van der Waals surface area contributed by atoms with Gasteiger partial charge in [0, 0.05) is 17.1 Å². The Hall–Kier alpha value is -1.43. The Morgan fingerprint density at radius 2 is 2.19 bits per heavy atom. The van der Waals surface area contributed by atoms with Gasteiger partial charge in [-0.05, 0) is 37.5 Å². The minimum Gasteiger partial charge on any atom is -0.469 e. The zero-order valence-electron chi connectivity index (χ0n) is 11.8. The van der Waals surface area contributed by atoms with E-state index >= 15 is 0 Å². The summed E-state index contributed by atoms with van der Waals surface area (Å²) in [7, 11) is 1.32. The Morgan fingerprint density at radius 3 is 2.90 bits per heavy atom. The molecule has 0 radical (unpaired) electrons. The van der Waals surface area contributed by atoms with Gasteiger partial charge in [-0.3, -0.25) is 9.59 Å². The number of ether oxygens (including phenoxy) is 1. The smallest absolute Gasteiger partial charge is 0.307 e. The minimum atomic E-state index is -0.550. The van der Waals surface area contributed by atoms with Crippen LogP contribution in [0.15, 0.2) is 22.7 Å². The fourth-order valence-corrected chi connectivity index (χ4v) is 2.93. The summed E-state index contributed by atoms with van der Waals surface area (Å²) in [6.45, 7) is 0.534. The molecule has 1 fully saturated rings. The van der Waals surface area contributed by atoms with Crippen molar-refractivity contribution in [3.05, 3.63) is 34.1 Å². The van der Waals surface area contributed by atoms with Gasteiger partial charge >= 0.3 is 5.97 Å². The van der Waals surface area contributed by atoms with E-state index < -0.39 is 5.82 Å². The molecular weight excluding hydrogens is 341 g/mol. The SMILES string of the molecule is COC(=O)CC1CCCCN1C(=O)c1cc(Br)ccc1F. The topological polar surface area (TPSA) is 46.6 Å². The number of carbonyl (C=O) groups excluding carboxylic acids is 2. The first-order valence-electron chi connectivity index (χ1n) is 6.85. The number of amides is 1. The van der Waals surface area contributed by atoms with Crippen molar-refractivity contribution in [3.63, 3.8) is 0 Å². The highest BCUT2D eigenvalue weighted by Gasteiger charge is 2.30. The maximum Gasteiger partial charge on any atom is 0.307 e. The summed E-state index contributed by atoms with van der Waals surface area (Å²) in [5, 5.41) is 0. The summed E-state index contributed by atoms with van der Waals surface area (Å²) < 4.78 is 19.2. The van der Waals surface area contributed by atoms with Gasteiger partial charge in [-0.15, -0.1) is 0 Å². The monoisotopic (exact) mass is 357 g/mol. The molecule has 0 aliphatic carbocycles. The number of esters is 1. The molecule has 2 rings (SSSR count). The third-order valence-corrected chi connectivity index (χ3v) is 4.17. The predicted octanol–water partition coefficient (Wildman–Crippen LogP) is 3.15. The summed E-state index contributed by atoms with van der Waals surface area (Å²) in [6.07, 6.45) is 2.69. The molecule has 1 atom stereocenters. The zero-order chi connectivity index (χ0) is 15.4. The van der Waals surface area contributed by atoms with Gasteiger partial charge in [0.05, 0.1) is 19.1 Å². The van der Waals surface area contributed by atoms with E-state index in [4.69, 9.17) is 0 Å². The van der Waals surface area contributed by atoms with Crippen molar-refractivity contribution in [2.24, 2.45) is 0 Å². The van der Waals surface area contributed by atoms with E-state index in [1.807, 2.05) is 0 Å². The van der Waals surface area contributed by atoms with E-state index in [1.165, 1.54) is 19.2 Å². The molecule has 114 valence electrons. The summed E-state index contributed by atoms with van der Waals surface area (Å²) in [5.74, 6) is -1.28. The average molecular weight is 358 g/mol. The van der Waals surface area contributed by atoms with Crippen LogP contribution in [0.4, 0.5) is 4.39 Å². The van der Waals surface area contributed by atoms with E-state index in [0.29, 0.717) is 11.0 Å². The zero-order valence-corrected chi connectivity index (χ0v) is 13.4. The second-order valence-corrected chi connectivity index (χ2v) is 5.97. The molecular formula is C15H17BrFNO3. The first kappa shape index (κ1) is 15.9. The number of hydrogen-bond donors (Lipinski definition) is 0. The highest BCUT2D eigenvalue weighted by molar-refractivity contribution is 9.10. The fourth-order valence-electron chi connectivity index (χ4n) is 2.57. The summed E-state index contributed by atoms with van der Waals surface area (Å²) in [5.41, 5.74) is 0.0288. The van der Waals surface area contributed by atoms with E-state index in [9.17, 15) is 14.0 Å². The number of carbonyl (C=O) groups is 2.